The van der Waals surface area contributed by atoms with Gasteiger partial charge in [-0.05, 0) is 31.3 Å². The van der Waals surface area contributed by atoms with Crippen molar-refractivity contribution in [2.45, 2.75) is 33.7 Å². The Kier molecular flexibility index (Phi) is 5.36. The summed E-state index contributed by atoms with van der Waals surface area (Å²) in [6, 6.07) is 10.7. The van der Waals surface area contributed by atoms with Gasteiger partial charge >= 0.3 is 0 Å². The van der Waals surface area contributed by atoms with E-state index in [-0.39, 0.29) is 0 Å². The second-order valence-electron chi connectivity index (χ2n) is 5.02. The molecule has 20 heavy (non-hydrogen) atoms. The fourth-order valence-electron chi connectivity index (χ4n) is 2.50. The summed E-state index contributed by atoms with van der Waals surface area (Å²) >= 11 is 0. The molecule has 2 rings (SSSR count). The maximum Gasteiger partial charge on any atom is 0.136 e. The van der Waals surface area contributed by atoms with Crippen LogP contribution in [-0.2, 0) is 6.54 Å². The lowest BCUT2D eigenvalue weighted by Gasteiger charge is -2.23. The lowest BCUT2D eigenvalue weighted by Crippen LogP contribution is -2.25. The van der Waals surface area contributed by atoms with E-state index in [9.17, 15) is 0 Å². The topological polar surface area (TPSA) is 28.2 Å². The minimum Gasteiger partial charge on any atom is -0.356 e. The van der Waals surface area contributed by atoms with Gasteiger partial charge in [0.25, 0.3) is 0 Å². The van der Waals surface area contributed by atoms with Crippen molar-refractivity contribution in [1.82, 2.24) is 10.3 Å². The first-order valence-electron chi connectivity index (χ1n) is 7.64. The van der Waals surface area contributed by atoms with Crippen LogP contribution in [0.2, 0.25) is 0 Å². The molecule has 1 aromatic carbocycles. The summed E-state index contributed by atoms with van der Waals surface area (Å²) in [5.41, 5.74) is 1.12. The van der Waals surface area contributed by atoms with E-state index in [1.165, 1.54) is 10.8 Å². The van der Waals surface area contributed by atoms with Crippen LogP contribution in [0.25, 0.3) is 10.8 Å². The first-order chi connectivity index (χ1) is 9.80. The molecule has 3 nitrogen and oxygen atoms in total. The number of nitrogens with one attached hydrogen (secondary N) is 1. The van der Waals surface area contributed by atoms with Crippen LogP contribution >= 0.6 is 0 Å². The first-order valence-corrected chi connectivity index (χ1v) is 7.64. The van der Waals surface area contributed by atoms with Crippen molar-refractivity contribution in [2.75, 3.05) is 24.5 Å². The third-order valence-corrected chi connectivity index (χ3v) is 3.50. The molecule has 0 bridgehead atoms. The molecule has 0 saturated carbocycles. The van der Waals surface area contributed by atoms with Crippen molar-refractivity contribution in [3.8, 4) is 0 Å². The summed E-state index contributed by atoms with van der Waals surface area (Å²) in [5.74, 6) is 1.13. The highest BCUT2D eigenvalue weighted by atomic mass is 15.2. The molecule has 0 aliphatic rings. The number of rotatable bonds is 7. The van der Waals surface area contributed by atoms with Crippen LogP contribution in [0.15, 0.2) is 30.3 Å². The molecule has 2 aromatic rings. The molecule has 1 aromatic heterocycles. The smallest absolute Gasteiger partial charge is 0.136 e. The highest BCUT2D eigenvalue weighted by Crippen LogP contribution is 2.26. The van der Waals surface area contributed by atoms with Crippen LogP contribution in [0.5, 0.6) is 0 Å². The maximum atomic E-state index is 4.89. The van der Waals surface area contributed by atoms with E-state index in [0.717, 1.165) is 44.1 Å². The van der Waals surface area contributed by atoms with Crippen LogP contribution in [0.1, 0.15) is 32.9 Å². The fourth-order valence-corrected chi connectivity index (χ4v) is 2.50. The van der Waals surface area contributed by atoms with Gasteiger partial charge in [-0.1, -0.05) is 38.1 Å². The molecule has 0 saturated heterocycles. The highest BCUT2D eigenvalue weighted by molar-refractivity contribution is 5.92. The van der Waals surface area contributed by atoms with Crippen LogP contribution < -0.4 is 10.2 Å². The van der Waals surface area contributed by atoms with E-state index in [2.05, 4.69) is 61.3 Å². The normalized spacial score (nSPS) is 10.9. The molecule has 0 radical (unpaired) electrons. The first kappa shape index (κ1) is 14.8. The summed E-state index contributed by atoms with van der Waals surface area (Å²) in [4.78, 5) is 7.26. The highest BCUT2D eigenvalue weighted by Gasteiger charge is 2.11. The van der Waals surface area contributed by atoms with Crippen LogP contribution in [-0.4, -0.2) is 24.6 Å². The number of benzene rings is 1. The summed E-state index contributed by atoms with van der Waals surface area (Å²) in [6.07, 6.45) is 1.14. The number of nitrogens with zero attached hydrogens (tertiary/aromatic N) is 2. The van der Waals surface area contributed by atoms with E-state index in [4.69, 9.17) is 4.98 Å². The third kappa shape index (κ3) is 3.28. The number of fused-ring (bicyclic) bond motifs is 1. The molecular formula is C17H25N3. The molecule has 0 unspecified atom stereocenters. The Morgan fingerprint density at radius 2 is 1.95 bits per heavy atom. The Morgan fingerprint density at radius 3 is 2.65 bits per heavy atom. The van der Waals surface area contributed by atoms with E-state index >= 15 is 0 Å². The van der Waals surface area contributed by atoms with Gasteiger partial charge < -0.3 is 10.2 Å². The van der Waals surface area contributed by atoms with Crippen LogP contribution in [0.3, 0.4) is 0 Å². The van der Waals surface area contributed by atoms with Gasteiger partial charge in [-0.25, -0.2) is 4.98 Å². The summed E-state index contributed by atoms with van der Waals surface area (Å²) < 4.78 is 0. The van der Waals surface area contributed by atoms with Gasteiger partial charge in [0.2, 0.25) is 0 Å². The van der Waals surface area contributed by atoms with Gasteiger partial charge in [0.15, 0.2) is 0 Å². The predicted octanol–water partition coefficient (Wildman–Crippen LogP) is 3.58. The molecule has 0 amide bonds. The Morgan fingerprint density at radius 1 is 1.15 bits per heavy atom. The maximum absolute atomic E-state index is 4.89. The van der Waals surface area contributed by atoms with Crippen LogP contribution in [0, 0.1) is 0 Å². The van der Waals surface area contributed by atoms with Crippen molar-refractivity contribution in [1.29, 1.82) is 0 Å². The second kappa shape index (κ2) is 7.25. The van der Waals surface area contributed by atoms with Crippen molar-refractivity contribution in [3.05, 3.63) is 36.0 Å². The summed E-state index contributed by atoms with van der Waals surface area (Å²) in [7, 11) is 0. The SMILES string of the molecule is CCCN(CC)c1nc(CNCC)cc2ccccc12. The van der Waals surface area contributed by atoms with Gasteiger partial charge in [0.1, 0.15) is 5.82 Å². The second-order valence-corrected chi connectivity index (χ2v) is 5.02. The number of hydrogen-bond donors (Lipinski definition) is 1. The standard InChI is InChI=1S/C17H25N3/c1-4-11-20(6-3)17-16-10-8-7-9-14(16)12-15(19-17)13-18-5-2/h7-10,12,18H,4-6,11,13H2,1-3H3. The fraction of sp³-hybridized carbons (Fsp3) is 0.471. The Hall–Kier alpha value is -1.61. The minimum absolute atomic E-state index is 0.831. The lowest BCUT2D eigenvalue weighted by molar-refractivity contribution is 0.706. The molecule has 0 spiro atoms. The van der Waals surface area contributed by atoms with E-state index in [1.807, 2.05) is 0 Å². The van der Waals surface area contributed by atoms with Crippen molar-refractivity contribution >= 4 is 16.6 Å². The number of pyridine rings is 1. The van der Waals surface area contributed by atoms with E-state index in [0.29, 0.717) is 0 Å². The quantitative estimate of drug-likeness (QED) is 0.834. The molecule has 3 heteroatoms. The average Bonchev–Trinajstić information content (AvgIpc) is 2.50. The molecular weight excluding hydrogens is 246 g/mol. The molecule has 1 N–H and O–H groups in total. The summed E-state index contributed by atoms with van der Waals surface area (Å²) in [5, 5.41) is 5.89. The van der Waals surface area contributed by atoms with Gasteiger partial charge in [-0.3, -0.25) is 0 Å². The zero-order valence-corrected chi connectivity index (χ0v) is 12.8. The largest absolute Gasteiger partial charge is 0.356 e. The third-order valence-electron chi connectivity index (χ3n) is 3.50. The molecule has 108 valence electrons. The Labute approximate surface area is 122 Å². The molecule has 1 heterocycles. The molecule has 0 aliphatic heterocycles. The van der Waals surface area contributed by atoms with E-state index in [1.54, 1.807) is 0 Å². The monoisotopic (exact) mass is 271 g/mol. The average molecular weight is 271 g/mol. The van der Waals surface area contributed by atoms with Gasteiger partial charge in [-0.15, -0.1) is 0 Å². The van der Waals surface area contributed by atoms with Gasteiger partial charge in [0.05, 0.1) is 5.69 Å². The minimum atomic E-state index is 0.831. The lowest BCUT2D eigenvalue weighted by atomic mass is 10.1. The number of anilines is 1. The van der Waals surface area contributed by atoms with Crippen molar-refractivity contribution < 1.29 is 0 Å². The Balaban J connectivity index is 2.47. The van der Waals surface area contributed by atoms with Crippen molar-refractivity contribution in [2.24, 2.45) is 0 Å². The zero-order valence-electron chi connectivity index (χ0n) is 12.8. The zero-order chi connectivity index (χ0) is 14.4. The molecule has 0 atom stereocenters. The van der Waals surface area contributed by atoms with E-state index < -0.39 is 0 Å². The number of hydrogen-bond acceptors (Lipinski definition) is 3. The van der Waals surface area contributed by atoms with Gasteiger partial charge in [0, 0.05) is 25.0 Å². The molecule has 0 aliphatic carbocycles. The van der Waals surface area contributed by atoms with Crippen LogP contribution in [0.4, 0.5) is 5.82 Å². The molecule has 0 fully saturated rings. The van der Waals surface area contributed by atoms with Gasteiger partial charge in [-0.2, -0.15) is 0 Å². The summed E-state index contributed by atoms with van der Waals surface area (Å²) in [6.45, 7) is 10.4. The number of aromatic nitrogens is 1. The Bertz CT molecular complexity index is 551. The predicted molar refractivity (Wildman–Crippen MR) is 87.3 cm³/mol. The van der Waals surface area contributed by atoms with Crippen molar-refractivity contribution in [3.63, 3.8) is 0 Å².